The molecule has 7 heteroatoms. The van der Waals surface area contributed by atoms with Gasteiger partial charge in [0.05, 0.1) is 17.5 Å². The molecule has 1 aliphatic rings. The molecule has 0 spiro atoms. The van der Waals surface area contributed by atoms with Crippen molar-refractivity contribution < 1.29 is 22.8 Å². The van der Waals surface area contributed by atoms with Crippen LogP contribution in [0, 0.1) is 5.92 Å². The first-order valence-electron chi connectivity index (χ1n) is 11.0. The zero-order valence-electron chi connectivity index (χ0n) is 18.2. The molecule has 0 saturated carbocycles. The highest BCUT2D eigenvalue weighted by atomic mass is 19.4. The van der Waals surface area contributed by atoms with E-state index in [0.29, 0.717) is 37.1 Å². The van der Waals surface area contributed by atoms with E-state index in [4.69, 9.17) is 0 Å². The lowest BCUT2D eigenvalue weighted by molar-refractivity contribution is -0.137. The van der Waals surface area contributed by atoms with Crippen LogP contribution in [0.2, 0.25) is 0 Å². The third-order valence-corrected chi connectivity index (χ3v) is 6.20. The number of rotatable bonds is 4. The van der Waals surface area contributed by atoms with E-state index in [1.807, 2.05) is 36.4 Å². The fraction of sp³-hybridized carbons (Fsp3) is 0.308. The summed E-state index contributed by atoms with van der Waals surface area (Å²) >= 11 is 0. The molecule has 0 radical (unpaired) electrons. The first kappa shape index (κ1) is 22.8. The van der Waals surface area contributed by atoms with E-state index < -0.39 is 17.8 Å². The lowest BCUT2D eigenvalue weighted by Crippen LogP contribution is -2.45. The smallest absolute Gasteiger partial charge is 0.349 e. The van der Waals surface area contributed by atoms with Crippen LogP contribution < -0.4 is 5.32 Å². The molecule has 3 aromatic carbocycles. The van der Waals surface area contributed by atoms with Gasteiger partial charge in [-0.1, -0.05) is 48.5 Å². The minimum Gasteiger partial charge on any atom is -0.349 e. The van der Waals surface area contributed by atoms with E-state index in [9.17, 15) is 22.8 Å². The van der Waals surface area contributed by atoms with E-state index >= 15 is 0 Å². The number of likely N-dealkylation sites (tertiary alicyclic amines) is 1. The summed E-state index contributed by atoms with van der Waals surface area (Å²) < 4.78 is 38.3. The molecular formula is C26H25F3N2O2. The van der Waals surface area contributed by atoms with Gasteiger partial charge >= 0.3 is 6.18 Å². The largest absolute Gasteiger partial charge is 0.416 e. The Balaban J connectivity index is 1.42. The van der Waals surface area contributed by atoms with Crippen molar-refractivity contribution in [3.8, 4) is 0 Å². The van der Waals surface area contributed by atoms with E-state index in [0.717, 1.165) is 22.9 Å². The summed E-state index contributed by atoms with van der Waals surface area (Å²) in [7, 11) is 0. The van der Waals surface area contributed by atoms with E-state index in [1.54, 1.807) is 17.9 Å². The highest BCUT2D eigenvalue weighted by Gasteiger charge is 2.31. The number of piperidine rings is 1. The van der Waals surface area contributed by atoms with Crippen LogP contribution >= 0.6 is 0 Å². The molecule has 1 aliphatic heterocycles. The molecule has 4 rings (SSSR count). The van der Waals surface area contributed by atoms with Crippen molar-refractivity contribution in [1.29, 1.82) is 0 Å². The number of hydrogen-bond acceptors (Lipinski definition) is 2. The van der Waals surface area contributed by atoms with Crippen LogP contribution in [0.25, 0.3) is 10.8 Å². The maximum Gasteiger partial charge on any atom is 0.416 e. The number of nitrogens with one attached hydrogen (secondary N) is 1. The van der Waals surface area contributed by atoms with Gasteiger partial charge in [0.2, 0.25) is 5.91 Å². The van der Waals surface area contributed by atoms with Crippen molar-refractivity contribution in [2.24, 2.45) is 5.92 Å². The first-order chi connectivity index (χ1) is 15.7. The number of benzene rings is 3. The molecule has 0 unspecified atom stereocenters. The second kappa shape index (κ2) is 9.25. The molecule has 0 bridgehead atoms. The molecule has 2 amide bonds. The van der Waals surface area contributed by atoms with Gasteiger partial charge in [-0.05, 0) is 54.3 Å². The normalized spacial score (nSPS) is 17.6. The molecule has 1 N–H and O–H groups in total. The van der Waals surface area contributed by atoms with Crippen molar-refractivity contribution in [3.05, 3.63) is 83.4 Å². The average Bonchev–Trinajstić information content (AvgIpc) is 2.82. The van der Waals surface area contributed by atoms with Gasteiger partial charge in [0, 0.05) is 18.7 Å². The zero-order valence-corrected chi connectivity index (χ0v) is 18.2. The monoisotopic (exact) mass is 454 g/mol. The van der Waals surface area contributed by atoms with Gasteiger partial charge in [0.1, 0.15) is 0 Å². The molecule has 172 valence electrons. The summed E-state index contributed by atoms with van der Waals surface area (Å²) in [5.74, 6) is -0.660. The third-order valence-electron chi connectivity index (χ3n) is 6.20. The Bertz CT molecular complexity index is 1150. The van der Waals surface area contributed by atoms with Gasteiger partial charge < -0.3 is 10.2 Å². The average molecular weight is 454 g/mol. The minimum absolute atomic E-state index is 0.0971. The lowest BCUT2D eigenvalue weighted by Gasteiger charge is -2.33. The molecule has 33 heavy (non-hydrogen) atoms. The van der Waals surface area contributed by atoms with Crippen LogP contribution in [-0.2, 0) is 11.0 Å². The fourth-order valence-corrected chi connectivity index (χ4v) is 4.33. The van der Waals surface area contributed by atoms with Gasteiger partial charge in [-0.15, -0.1) is 0 Å². The number of nitrogens with zero attached hydrogens (tertiary/aromatic N) is 1. The zero-order chi connectivity index (χ0) is 23.6. The molecule has 1 saturated heterocycles. The van der Waals surface area contributed by atoms with Crippen molar-refractivity contribution in [1.82, 2.24) is 10.2 Å². The maximum absolute atomic E-state index is 13.2. The Hall–Kier alpha value is -3.35. The Morgan fingerprint density at radius 1 is 1.00 bits per heavy atom. The molecule has 4 nitrogen and oxygen atoms in total. The van der Waals surface area contributed by atoms with Gasteiger partial charge in [-0.2, -0.15) is 13.2 Å². The first-order valence-corrected chi connectivity index (χ1v) is 11.0. The summed E-state index contributed by atoms with van der Waals surface area (Å²) in [6.45, 7) is 2.64. The van der Waals surface area contributed by atoms with Crippen LogP contribution in [0.1, 0.15) is 47.3 Å². The number of carbonyl (C=O) groups is 2. The maximum atomic E-state index is 13.2. The van der Waals surface area contributed by atoms with Crippen molar-refractivity contribution in [2.45, 2.75) is 32.0 Å². The lowest BCUT2D eigenvalue weighted by atomic mass is 9.95. The van der Waals surface area contributed by atoms with Gasteiger partial charge in [0.25, 0.3) is 5.91 Å². The summed E-state index contributed by atoms with van der Waals surface area (Å²) in [5, 5.41) is 4.76. The summed E-state index contributed by atoms with van der Waals surface area (Å²) in [6.07, 6.45) is -3.03. The Morgan fingerprint density at radius 3 is 2.42 bits per heavy atom. The summed E-state index contributed by atoms with van der Waals surface area (Å²) in [6, 6.07) is 17.7. The van der Waals surface area contributed by atoms with Crippen LogP contribution in [0.4, 0.5) is 13.2 Å². The molecule has 0 aliphatic carbocycles. The van der Waals surface area contributed by atoms with E-state index in [1.165, 1.54) is 12.1 Å². The molecule has 2 atom stereocenters. The Labute approximate surface area is 190 Å². The van der Waals surface area contributed by atoms with Crippen LogP contribution in [0.15, 0.2) is 66.7 Å². The number of hydrogen-bond donors (Lipinski definition) is 1. The molecule has 1 heterocycles. The predicted molar refractivity (Wildman–Crippen MR) is 121 cm³/mol. The molecular weight excluding hydrogens is 429 g/mol. The third kappa shape index (κ3) is 5.02. The summed E-state index contributed by atoms with van der Waals surface area (Å²) in [4.78, 5) is 27.9. The predicted octanol–water partition coefficient (Wildman–Crippen LogP) is 5.59. The molecule has 1 fully saturated rings. The van der Waals surface area contributed by atoms with Crippen LogP contribution in [-0.4, -0.2) is 29.8 Å². The van der Waals surface area contributed by atoms with Crippen molar-refractivity contribution in [3.63, 3.8) is 0 Å². The molecule has 3 aromatic rings. The quantitative estimate of drug-likeness (QED) is 0.559. The van der Waals surface area contributed by atoms with Crippen LogP contribution in [0.5, 0.6) is 0 Å². The van der Waals surface area contributed by atoms with Crippen LogP contribution in [0.3, 0.4) is 0 Å². The Kier molecular flexibility index (Phi) is 6.40. The fourth-order valence-electron chi connectivity index (χ4n) is 4.33. The number of fused-ring (bicyclic) bond motifs is 1. The highest BCUT2D eigenvalue weighted by Crippen LogP contribution is 2.30. The summed E-state index contributed by atoms with van der Waals surface area (Å²) in [5.41, 5.74) is 0.489. The van der Waals surface area contributed by atoms with Gasteiger partial charge in [-0.3, -0.25) is 9.59 Å². The minimum atomic E-state index is -4.40. The second-order valence-corrected chi connectivity index (χ2v) is 8.47. The van der Waals surface area contributed by atoms with Crippen molar-refractivity contribution >= 4 is 22.6 Å². The second-order valence-electron chi connectivity index (χ2n) is 8.47. The van der Waals surface area contributed by atoms with Gasteiger partial charge in [-0.25, -0.2) is 0 Å². The number of carbonyl (C=O) groups excluding carboxylic acids is 2. The van der Waals surface area contributed by atoms with E-state index in [2.05, 4.69) is 5.32 Å². The topological polar surface area (TPSA) is 49.4 Å². The van der Waals surface area contributed by atoms with Crippen molar-refractivity contribution in [2.75, 3.05) is 13.1 Å². The highest BCUT2D eigenvalue weighted by molar-refractivity contribution is 6.07. The number of halogens is 3. The Morgan fingerprint density at radius 2 is 1.70 bits per heavy atom. The number of alkyl halides is 3. The van der Waals surface area contributed by atoms with E-state index in [-0.39, 0.29) is 17.7 Å². The standard InChI is InChI=1S/C26H25F3N2O2/c1-17(18-11-13-21(14-12-18)26(27,28)29)30-24(32)20-8-5-15-31(16-20)25(33)23-10-4-7-19-6-2-3-9-22(19)23/h2-4,6-7,9-14,17,20H,5,8,15-16H2,1H3,(H,30,32)/t17-,20-/m0/s1. The number of amides is 2. The van der Waals surface area contributed by atoms with Gasteiger partial charge in [0.15, 0.2) is 0 Å². The SMILES string of the molecule is C[C@H](NC(=O)[C@H]1CCCN(C(=O)c2cccc3ccccc23)C1)c1ccc(C(F)(F)F)cc1. The molecule has 0 aromatic heterocycles.